The number of hydrogen-bond donors (Lipinski definition) is 1. The van der Waals surface area contributed by atoms with Crippen LogP contribution in [0.2, 0.25) is 5.02 Å². The van der Waals surface area contributed by atoms with Gasteiger partial charge < -0.3 is 10.1 Å². The van der Waals surface area contributed by atoms with Crippen LogP contribution in [0.25, 0.3) is 5.70 Å². The predicted molar refractivity (Wildman–Crippen MR) is 114 cm³/mol. The first-order valence-corrected chi connectivity index (χ1v) is 9.99. The topological polar surface area (TPSA) is 64.9 Å². The quantitative estimate of drug-likeness (QED) is 0.507. The molecule has 2 atom stereocenters. The van der Waals surface area contributed by atoms with E-state index in [0.717, 1.165) is 33.7 Å². The fourth-order valence-corrected chi connectivity index (χ4v) is 4.42. The summed E-state index contributed by atoms with van der Waals surface area (Å²) < 4.78 is 8.43. The average Bonchev–Trinajstić information content (AvgIpc) is 3.26. The van der Waals surface area contributed by atoms with Gasteiger partial charge in [0.05, 0.1) is 5.70 Å². The van der Waals surface area contributed by atoms with Crippen LogP contribution in [-0.4, -0.2) is 19.7 Å². The minimum Gasteiger partial charge on any atom is -0.480 e. The van der Waals surface area contributed by atoms with E-state index in [1.165, 1.54) is 0 Å². The molecule has 7 heteroatoms. The molecule has 0 radical (unpaired) electrons. The smallest absolute Gasteiger partial charge is 0.226 e. The van der Waals surface area contributed by atoms with Crippen molar-refractivity contribution >= 4 is 23.2 Å². The lowest BCUT2D eigenvalue weighted by molar-refractivity contribution is 0.223. The second-order valence-electron chi connectivity index (χ2n) is 7.22. The molecule has 0 bridgehead atoms. The van der Waals surface area contributed by atoms with Gasteiger partial charge in [-0.25, -0.2) is 4.68 Å². The van der Waals surface area contributed by atoms with Gasteiger partial charge in [0.15, 0.2) is 0 Å². The lowest BCUT2D eigenvalue weighted by Crippen LogP contribution is -2.32. The third-order valence-corrected chi connectivity index (χ3v) is 5.71. The number of halogens is 1. The van der Waals surface area contributed by atoms with Gasteiger partial charge in [-0.3, -0.25) is 4.98 Å². The summed E-state index contributed by atoms with van der Waals surface area (Å²) in [6, 6.07) is 19.6. The van der Waals surface area contributed by atoms with Gasteiger partial charge in [-0.1, -0.05) is 41.9 Å². The van der Waals surface area contributed by atoms with Crippen molar-refractivity contribution < 1.29 is 4.74 Å². The van der Waals surface area contributed by atoms with Gasteiger partial charge in [0.1, 0.15) is 24.2 Å². The predicted octanol–water partition coefficient (Wildman–Crippen LogP) is 4.89. The van der Waals surface area contributed by atoms with Crippen molar-refractivity contribution in [2.24, 2.45) is 0 Å². The summed E-state index contributed by atoms with van der Waals surface area (Å²) in [7, 11) is 0. The molecule has 1 N–H and O–H groups in total. The first-order valence-electron chi connectivity index (χ1n) is 9.61. The van der Waals surface area contributed by atoms with E-state index in [4.69, 9.17) is 16.3 Å². The third kappa shape index (κ3) is 2.61. The molecule has 2 aliphatic heterocycles. The van der Waals surface area contributed by atoms with Crippen LogP contribution >= 0.6 is 11.6 Å². The molecule has 4 heterocycles. The summed E-state index contributed by atoms with van der Waals surface area (Å²) in [6.45, 7) is 0. The van der Waals surface area contributed by atoms with E-state index in [2.05, 4.69) is 32.5 Å². The Morgan fingerprint density at radius 3 is 2.77 bits per heavy atom. The van der Waals surface area contributed by atoms with Crippen molar-refractivity contribution in [2.45, 2.75) is 12.1 Å². The zero-order valence-corrected chi connectivity index (χ0v) is 16.5. The number of nitrogens with one attached hydrogen (secondary N) is 1. The van der Waals surface area contributed by atoms with E-state index in [9.17, 15) is 0 Å². The van der Waals surface area contributed by atoms with E-state index in [1.54, 1.807) is 12.5 Å². The highest BCUT2D eigenvalue weighted by atomic mass is 35.5. The molecule has 6 rings (SSSR count). The molecule has 0 amide bonds. The minimum absolute atomic E-state index is 0.218. The van der Waals surface area contributed by atoms with Gasteiger partial charge >= 0.3 is 0 Å². The normalized spacial score (nSPS) is 19.2. The number of hydrogen-bond acceptors (Lipinski definition) is 5. The Hall–Kier alpha value is -3.64. The lowest BCUT2D eigenvalue weighted by Gasteiger charge is -2.38. The molecule has 0 spiro atoms. The number of ether oxygens (including phenoxy) is 1. The number of rotatable bonds is 2. The van der Waals surface area contributed by atoms with Crippen LogP contribution in [-0.2, 0) is 0 Å². The molecule has 2 aromatic heterocycles. The van der Waals surface area contributed by atoms with Crippen molar-refractivity contribution in [3.05, 3.63) is 107 Å². The van der Waals surface area contributed by atoms with Crippen LogP contribution < -0.4 is 10.1 Å². The van der Waals surface area contributed by atoms with Crippen LogP contribution in [0.15, 0.2) is 85.0 Å². The van der Waals surface area contributed by atoms with Crippen LogP contribution in [0.3, 0.4) is 0 Å². The molecule has 4 aromatic rings. The van der Waals surface area contributed by atoms with E-state index in [-0.39, 0.29) is 12.1 Å². The molecule has 0 saturated heterocycles. The molecule has 2 aromatic carbocycles. The highest BCUT2D eigenvalue weighted by Crippen LogP contribution is 2.50. The maximum Gasteiger partial charge on any atom is 0.226 e. The Balaban J connectivity index is 1.64. The summed E-state index contributed by atoms with van der Waals surface area (Å²) in [5.41, 5.74) is 5.00. The molecule has 6 nitrogen and oxygen atoms in total. The van der Waals surface area contributed by atoms with Gasteiger partial charge in [0.25, 0.3) is 0 Å². The maximum absolute atomic E-state index is 6.55. The summed E-state index contributed by atoms with van der Waals surface area (Å²) in [6.07, 6.45) is 4.85. The van der Waals surface area contributed by atoms with E-state index >= 15 is 0 Å². The van der Waals surface area contributed by atoms with Gasteiger partial charge in [0, 0.05) is 28.6 Å². The largest absolute Gasteiger partial charge is 0.480 e. The van der Waals surface area contributed by atoms with Crippen molar-refractivity contribution in [1.29, 1.82) is 0 Å². The fraction of sp³-hybridized carbons (Fsp3) is 0.0870. The fourth-order valence-electron chi connectivity index (χ4n) is 4.22. The first kappa shape index (κ1) is 17.2. The standard InChI is InChI=1S/C23H16ClN5O/c24-16-7-3-5-14(11-16)22-19-20(17-8-1-2-9-18(17)30-22)28-23-26-13-27-29(23)21(19)15-6-4-10-25-12-15/h1-13,21-22H,(H,26,27,28)/t21-,22-/m0/s1. The molecule has 0 unspecified atom stereocenters. The van der Waals surface area contributed by atoms with Crippen LogP contribution in [0, 0.1) is 0 Å². The third-order valence-electron chi connectivity index (χ3n) is 5.47. The second kappa shape index (κ2) is 6.71. The highest BCUT2D eigenvalue weighted by molar-refractivity contribution is 6.30. The summed E-state index contributed by atoms with van der Waals surface area (Å²) in [5.74, 6) is 1.50. The average molecular weight is 414 g/mol. The minimum atomic E-state index is -0.344. The number of pyridine rings is 1. The number of para-hydroxylation sites is 1. The van der Waals surface area contributed by atoms with Gasteiger partial charge in [0.2, 0.25) is 5.95 Å². The molecule has 0 saturated carbocycles. The molecular formula is C23H16ClN5O. The molecule has 146 valence electrons. The van der Waals surface area contributed by atoms with E-state index in [0.29, 0.717) is 11.0 Å². The molecule has 30 heavy (non-hydrogen) atoms. The Bertz CT molecular complexity index is 1280. The van der Waals surface area contributed by atoms with Crippen molar-refractivity contribution in [3.8, 4) is 5.75 Å². The number of fused-ring (bicyclic) bond motifs is 3. The van der Waals surface area contributed by atoms with Gasteiger partial charge in [-0.05, 0) is 41.5 Å². The van der Waals surface area contributed by atoms with Gasteiger partial charge in [-0.15, -0.1) is 0 Å². The van der Waals surface area contributed by atoms with Crippen LogP contribution in [0.1, 0.15) is 28.8 Å². The zero-order valence-electron chi connectivity index (χ0n) is 15.7. The zero-order chi connectivity index (χ0) is 20.1. The Morgan fingerprint density at radius 1 is 1.00 bits per heavy atom. The number of aromatic nitrogens is 4. The monoisotopic (exact) mass is 413 g/mol. The molecule has 0 fully saturated rings. The SMILES string of the molecule is Clc1cccc([C@@H]2Oc3ccccc3C3=C2[C@H](c2cccnc2)n2ncnc2N3)c1. The number of nitrogens with zero attached hydrogens (tertiary/aromatic N) is 4. The van der Waals surface area contributed by atoms with Crippen molar-refractivity contribution in [2.75, 3.05) is 5.32 Å². The van der Waals surface area contributed by atoms with E-state index < -0.39 is 0 Å². The lowest BCUT2D eigenvalue weighted by atomic mass is 9.85. The van der Waals surface area contributed by atoms with Crippen molar-refractivity contribution in [1.82, 2.24) is 19.7 Å². The van der Waals surface area contributed by atoms with E-state index in [1.807, 2.05) is 59.4 Å². The maximum atomic E-state index is 6.55. The Kier molecular flexibility index (Phi) is 3.86. The number of benzene rings is 2. The summed E-state index contributed by atoms with van der Waals surface area (Å²) in [4.78, 5) is 8.78. The van der Waals surface area contributed by atoms with Gasteiger partial charge in [-0.2, -0.15) is 10.1 Å². The second-order valence-corrected chi connectivity index (χ2v) is 7.66. The molecule has 0 aliphatic carbocycles. The van der Waals surface area contributed by atoms with Crippen molar-refractivity contribution in [3.63, 3.8) is 0 Å². The number of anilines is 1. The van der Waals surface area contributed by atoms with Crippen LogP contribution in [0.5, 0.6) is 5.75 Å². The van der Waals surface area contributed by atoms with Crippen LogP contribution in [0.4, 0.5) is 5.95 Å². The first-order chi connectivity index (χ1) is 14.8. The Morgan fingerprint density at radius 2 is 1.90 bits per heavy atom. The molecule has 2 aliphatic rings. The molecular weight excluding hydrogens is 398 g/mol. The Labute approximate surface area is 177 Å². The highest BCUT2D eigenvalue weighted by Gasteiger charge is 2.40. The summed E-state index contributed by atoms with van der Waals surface area (Å²) in [5, 5.41) is 8.66. The summed E-state index contributed by atoms with van der Waals surface area (Å²) >= 11 is 6.33.